The van der Waals surface area contributed by atoms with E-state index >= 15 is 0 Å². The molecular weight excluding hydrogens is 336 g/mol. The molecule has 0 spiro atoms. The van der Waals surface area contributed by atoms with E-state index < -0.39 is 0 Å². The SMILES string of the molecule is O=C([C@H]1CCc2ccccc21)N1CCN(c2ncnc3ccccc23)CC1. The average molecular weight is 358 g/mol. The Morgan fingerprint density at radius 3 is 2.59 bits per heavy atom. The number of benzene rings is 2. The van der Waals surface area contributed by atoms with Crippen LogP contribution in [0.3, 0.4) is 0 Å². The van der Waals surface area contributed by atoms with Crippen LogP contribution in [0.4, 0.5) is 5.82 Å². The first kappa shape index (κ1) is 16.2. The lowest BCUT2D eigenvalue weighted by atomic mass is 9.99. The molecule has 2 aliphatic rings. The Bertz CT molecular complexity index is 989. The van der Waals surface area contributed by atoms with Gasteiger partial charge in [0, 0.05) is 31.6 Å². The quantitative estimate of drug-likeness (QED) is 0.707. The molecule has 5 nitrogen and oxygen atoms in total. The maximum Gasteiger partial charge on any atom is 0.230 e. The third-order valence-electron chi connectivity index (χ3n) is 5.84. The molecule has 0 radical (unpaired) electrons. The van der Waals surface area contributed by atoms with Crippen LogP contribution in [0.2, 0.25) is 0 Å². The number of carbonyl (C=O) groups is 1. The van der Waals surface area contributed by atoms with Crippen LogP contribution in [0.5, 0.6) is 0 Å². The Morgan fingerprint density at radius 1 is 0.926 bits per heavy atom. The van der Waals surface area contributed by atoms with Gasteiger partial charge in [0.15, 0.2) is 0 Å². The van der Waals surface area contributed by atoms with Crippen LogP contribution in [0.25, 0.3) is 10.9 Å². The average Bonchev–Trinajstić information content (AvgIpc) is 3.17. The normalized spacial score (nSPS) is 19.3. The number of aryl methyl sites for hydroxylation is 1. The van der Waals surface area contributed by atoms with Crippen molar-refractivity contribution in [2.75, 3.05) is 31.1 Å². The van der Waals surface area contributed by atoms with Gasteiger partial charge < -0.3 is 9.80 Å². The number of piperazine rings is 1. The molecule has 1 amide bonds. The van der Waals surface area contributed by atoms with Gasteiger partial charge in [-0.05, 0) is 36.1 Å². The Morgan fingerprint density at radius 2 is 1.70 bits per heavy atom. The predicted molar refractivity (Wildman–Crippen MR) is 106 cm³/mol. The van der Waals surface area contributed by atoms with Crippen molar-refractivity contribution in [2.24, 2.45) is 0 Å². The topological polar surface area (TPSA) is 49.3 Å². The van der Waals surface area contributed by atoms with Gasteiger partial charge in [-0.1, -0.05) is 36.4 Å². The second-order valence-electron chi connectivity index (χ2n) is 7.32. The third kappa shape index (κ3) is 2.83. The Hall–Kier alpha value is -2.95. The van der Waals surface area contributed by atoms with E-state index in [2.05, 4.69) is 39.1 Å². The highest BCUT2D eigenvalue weighted by atomic mass is 16.2. The monoisotopic (exact) mass is 358 g/mol. The van der Waals surface area contributed by atoms with Gasteiger partial charge in [-0.15, -0.1) is 0 Å². The zero-order chi connectivity index (χ0) is 18.2. The number of hydrogen-bond acceptors (Lipinski definition) is 4. The van der Waals surface area contributed by atoms with Crippen molar-refractivity contribution in [3.63, 3.8) is 0 Å². The van der Waals surface area contributed by atoms with Crippen molar-refractivity contribution >= 4 is 22.6 Å². The highest BCUT2D eigenvalue weighted by Gasteiger charge is 2.33. The molecule has 0 saturated carbocycles. The van der Waals surface area contributed by atoms with Crippen LogP contribution in [0, 0.1) is 0 Å². The maximum atomic E-state index is 13.1. The first-order valence-electron chi connectivity index (χ1n) is 9.62. The molecule has 1 saturated heterocycles. The van der Waals surface area contributed by atoms with Crippen molar-refractivity contribution in [1.82, 2.24) is 14.9 Å². The smallest absolute Gasteiger partial charge is 0.230 e. The van der Waals surface area contributed by atoms with Crippen molar-refractivity contribution in [3.05, 3.63) is 66.0 Å². The van der Waals surface area contributed by atoms with E-state index in [1.165, 1.54) is 11.1 Å². The number of aromatic nitrogens is 2. The first-order chi connectivity index (χ1) is 13.3. The van der Waals surface area contributed by atoms with E-state index in [4.69, 9.17) is 0 Å². The minimum absolute atomic E-state index is 0.0348. The fourth-order valence-corrected chi connectivity index (χ4v) is 4.42. The summed E-state index contributed by atoms with van der Waals surface area (Å²) >= 11 is 0. The van der Waals surface area contributed by atoms with E-state index in [1.807, 2.05) is 29.2 Å². The highest BCUT2D eigenvalue weighted by Crippen LogP contribution is 2.34. The van der Waals surface area contributed by atoms with Gasteiger partial charge in [-0.3, -0.25) is 4.79 Å². The van der Waals surface area contributed by atoms with Gasteiger partial charge in [0.2, 0.25) is 5.91 Å². The summed E-state index contributed by atoms with van der Waals surface area (Å²) in [6.07, 6.45) is 3.58. The lowest BCUT2D eigenvalue weighted by Crippen LogP contribution is -2.50. The van der Waals surface area contributed by atoms with E-state index in [-0.39, 0.29) is 11.8 Å². The Kier molecular flexibility index (Phi) is 4.00. The zero-order valence-corrected chi connectivity index (χ0v) is 15.2. The largest absolute Gasteiger partial charge is 0.352 e. The fourth-order valence-electron chi connectivity index (χ4n) is 4.42. The number of anilines is 1. The predicted octanol–water partition coefficient (Wildman–Crippen LogP) is 3.01. The van der Waals surface area contributed by atoms with Gasteiger partial charge in [0.1, 0.15) is 12.1 Å². The van der Waals surface area contributed by atoms with Crippen LogP contribution >= 0.6 is 0 Å². The molecule has 27 heavy (non-hydrogen) atoms. The van der Waals surface area contributed by atoms with Gasteiger partial charge in [0.05, 0.1) is 11.4 Å². The number of nitrogens with zero attached hydrogens (tertiary/aromatic N) is 4. The van der Waals surface area contributed by atoms with Gasteiger partial charge in [-0.2, -0.15) is 0 Å². The van der Waals surface area contributed by atoms with Crippen LogP contribution < -0.4 is 4.90 Å². The minimum Gasteiger partial charge on any atom is -0.352 e. The van der Waals surface area contributed by atoms with Crippen molar-refractivity contribution < 1.29 is 4.79 Å². The summed E-state index contributed by atoms with van der Waals surface area (Å²) in [5.74, 6) is 1.29. The number of rotatable bonds is 2. The van der Waals surface area contributed by atoms with E-state index in [0.717, 1.165) is 55.7 Å². The number of para-hydroxylation sites is 1. The number of hydrogen-bond donors (Lipinski definition) is 0. The molecule has 1 atom stereocenters. The first-order valence-corrected chi connectivity index (χ1v) is 9.62. The summed E-state index contributed by atoms with van der Waals surface area (Å²) in [6.45, 7) is 3.11. The lowest BCUT2D eigenvalue weighted by Gasteiger charge is -2.37. The van der Waals surface area contributed by atoms with Crippen LogP contribution in [0.15, 0.2) is 54.9 Å². The number of carbonyl (C=O) groups excluding carboxylic acids is 1. The van der Waals surface area contributed by atoms with Crippen LogP contribution in [0.1, 0.15) is 23.5 Å². The molecule has 0 bridgehead atoms. The number of fused-ring (bicyclic) bond motifs is 2. The lowest BCUT2D eigenvalue weighted by molar-refractivity contribution is -0.133. The maximum absolute atomic E-state index is 13.1. The summed E-state index contributed by atoms with van der Waals surface area (Å²) in [6, 6.07) is 16.5. The second-order valence-corrected chi connectivity index (χ2v) is 7.32. The summed E-state index contributed by atoms with van der Waals surface area (Å²) in [4.78, 5) is 26.3. The van der Waals surface area contributed by atoms with Crippen molar-refractivity contribution in [2.45, 2.75) is 18.8 Å². The third-order valence-corrected chi connectivity index (χ3v) is 5.84. The summed E-state index contributed by atoms with van der Waals surface area (Å²) in [5.41, 5.74) is 3.53. The molecule has 1 aliphatic heterocycles. The van der Waals surface area contributed by atoms with Crippen molar-refractivity contribution in [1.29, 1.82) is 0 Å². The molecule has 136 valence electrons. The molecule has 1 aromatic heterocycles. The Labute approximate surface area is 158 Å². The van der Waals surface area contributed by atoms with Gasteiger partial charge in [0.25, 0.3) is 0 Å². The highest BCUT2D eigenvalue weighted by molar-refractivity contribution is 5.89. The summed E-state index contributed by atoms with van der Waals surface area (Å²) in [7, 11) is 0. The molecule has 1 fully saturated rings. The molecule has 5 heteroatoms. The molecular formula is C22H22N4O. The van der Waals surface area contributed by atoms with Crippen LogP contribution in [-0.2, 0) is 11.2 Å². The molecule has 1 aliphatic carbocycles. The standard InChI is InChI=1S/C22H22N4O/c27-22(18-10-9-16-5-1-2-6-17(16)18)26-13-11-25(12-14-26)21-19-7-3-4-8-20(19)23-15-24-21/h1-8,15,18H,9-14H2/t18-/m0/s1. The molecule has 3 aromatic rings. The number of amides is 1. The van der Waals surface area contributed by atoms with E-state index in [9.17, 15) is 4.79 Å². The van der Waals surface area contributed by atoms with E-state index in [1.54, 1.807) is 6.33 Å². The van der Waals surface area contributed by atoms with Crippen molar-refractivity contribution in [3.8, 4) is 0 Å². The summed E-state index contributed by atoms with van der Waals surface area (Å²) in [5, 5.41) is 1.07. The molecule has 0 N–H and O–H groups in total. The molecule has 0 unspecified atom stereocenters. The van der Waals surface area contributed by atoms with E-state index in [0.29, 0.717) is 0 Å². The Balaban J connectivity index is 1.31. The minimum atomic E-state index is 0.0348. The zero-order valence-electron chi connectivity index (χ0n) is 15.2. The molecule has 2 heterocycles. The second kappa shape index (κ2) is 6.65. The molecule has 2 aromatic carbocycles. The van der Waals surface area contributed by atoms with Gasteiger partial charge in [-0.25, -0.2) is 9.97 Å². The fraction of sp³-hybridized carbons (Fsp3) is 0.318. The summed E-state index contributed by atoms with van der Waals surface area (Å²) < 4.78 is 0. The molecule has 5 rings (SSSR count). The van der Waals surface area contributed by atoms with Crippen LogP contribution in [-0.4, -0.2) is 47.0 Å². The van der Waals surface area contributed by atoms with Gasteiger partial charge >= 0.3 is 0 Å².